The maximum absolute atomic E-state index is 13.0. The first-order chi connectivity index (χ1) is 15.6. The number of fused-ring (bicyclic) bond motifs is 1. The number of likely N-dealkylation sites (tertiary alicyclic amines) is 1. The maximum Gasteiger partial charge on any atom is 0.263 e. The first-order valence-electron chi connectivity index (χ1n) is 10.8. The molecule has 1 saturated heterocycles. The van der Waals surface area contributed by atoms with Gasteiger partial charge in [0.1, 0.15) is 9.71 Å². The van der Waals surface area contributed by atoms with Gasteiger partial charge in [-0.3, -0.25) is 9.59 Å². The number of hydrogen-bond donors (Lipinski definition) is 3. The maximum atomic E-state index is 13.0. The zero-order valence-electron chi connectivity index (χ0n) is 18.0. The van der Waals surface area contributed by atoms with Gasteiger partial charge in [-0.2, -0.15) is 0 Å². The van der Waals surface area contributed by atoms with E-state index in [-0.39, 0.29) is 17.9 Å². The molecule has 0 saturated carbocycles. The number of thiophene rings is 1. The molecule has 2 amide bonds. The molecule has 1 aliphatic heterocycles. The molecular formula is C22H27N7O2S. The largest absolute Gasteiger partial charge is 0.397 e. The number of anilines is 2. The number of nitrogens with two attached hydrogens (primary N) is 1. The minimum Gasteiger partial charge on any atom is -0.397 e. The Balaban J connectivity index is 1.44. The molecule has 1 unspecified atom stereocenters. The van der Waals surface area contributed by atoms with Gasteiger partial charge in [-0.1, -0.05) is 0 Å². The van der Waals surface area contributed by atoms with Crippen LogP contribution in [-0.4, -0.2) is 51.8 Å². The lowest BCUT2D eigenvalue weighted by Crippen LogP contribution is -2.38. The van der Waals surface area contributed by atoms with Crippen molar-refractivity contribution in [1.82, 2.24) is 25.2 Å². The number of carbonyl (C=O) groups excluding carboxylic acids is 2. The molecule has 0 spiro atoms. The lowest BCUT2D eigenvalue weighted by molar-refractivity contribution is -0.135. The fraction of sp³-hybridized carbons (Fsp3) is 0.409. The van der Waals surface area contributed by atoms with Crippen LogP contribution in [0.25, 0.3) is 10.2 Å². The fourth-order valence-corrected chi connectivity index (χ4v) is 5.04. The van der Waals surface area contributed by atoms with Crippen LogP contribution < -0.4 is 16.4 Å². The van der Waals surface area contributed by atoms with E-state index in [1.807, 2.05) is 17.0 Å². The summed E-state index contributed by atoms with van der Waals surface area (Å²) in [6.07, 6.45) is 7.44. The van der Waals surface area contributed by atoms with Crippen molar-refractivity contribution >= 4 is 45.0 Å². The second kappa shape index (κ2) is 9.90. The number of nitrogen functional groups attached to an aromatic ring is 1. The molecule has 9 nitrogen and oxygen atoms in total. The van der Waals surface area contributed by atoms with Crippen LogP contribution in [0.3, 0.4) is 0 Å². The number of aromatic nitrogens is 3. The van der Waals surface area contributed by atoms with Gasteiger partial charge in [0, 0.05) is 44.3 Å². The van der Waals surface area contributed by atoms with Crippen LogP contribution in [0, 0.1) is 0 Å². The monoisotopic (exact) mass is 453 g/mol. The molecule has 1 aliphatic rings. The normalized spacial score (nSPS) is 16.2. The van der Waals surface area contributed by atoms with E-state index >= 15 is 0 Å². The smallest absolute Gasteiger partial charge is 0.263 e. The third-order valence-electron chi connectivity index (χ3n) is 5.63. The van der Waals surface area contributed by atoms with E-state index in [9.17, 15) is 9.59 Å². The van der Waals surface area contributed by atoms with E-state index in [1.165, 1.54) is 11.3 Å². The lowest BCUT2D eigenvalue weighted by atomic mass is 9.98. The highest BCUT2D eigenvalue weighted by molar-refractivity contribution is 7.21. The zero-order chi connectivity index (χ0) is 22.5. The number of pyridine rings is 1. The highest BCUT2D eigenvalue weighted by Crippen LogP contribution is 2.36. The van der Waals surface area contributed by atoms with Gasteiger partial charge in [0.2, 0.25) is 11.9 Å². The van der Waals surface area contributed by atoms with Crippen LogP contribution in [0.1, 0.15) is 53.5 Å². The minimum atomic E-state index is -0.212. The van der Waals surface area contributed by atoms with Crippen molar-refractivity contribution < 1.29 is 9.59 Å². The fourth-order valence-electron chi connectivity index (χ4n) is 3.99. The van der Waals surface area contributed by atoms with E-state index in [0.29, 0.717) is 35.9 Å². The SMILES string of the molecule is CNC(=O)c1sc2nc(C3CCCCN3C(=O)CCCNc3ncccn3)ccc2c1N. The molecular weight excluding hydrogens is 426 g/mol. The molecule has 1 atom stereocenters. The Morgan fingerprint density at radius 2 is 2.06 bits per heavy atom. The van der Waals surface area contributed by atoms with Crippen LogP contribution in [-0.2, 0) is 4.79 Å². The molecule has 3 aromatic rings. The molecule has 4 N–H and O–H groups in total. The number of amides is 2. The van der Waals surface area contributed by atoms with Crippen molar-refractivity contribution in [3.8, 4) is 0 Å². The van der Waals surface area contributed by atoms with E-state index in [0.717, 1.165) is 41.7 Å². The third kappa shape index (κ3) is 4.64. The number of rotatable bonds is 7. The van der Waals surface area contributed by atoms with Crippen molar-refractivity contribution in [2.45, 2.75) is 38.1 Å². The lowest BCUT2D eigenvalue weighted by Gasteiger charge is -2.35. The number of nitrogens with zero attached hydrogens (tertiary/aromatic N) is 4. The van der Waals surface area contributed by atoms with Gasteiger partial charge >= 0.3 is 0 Å². The Hall–Kier alpha value is -3.27. The molecule has 1 fully saturated rings. The molecule has 32 heavy (non-hydrogen) atoms. The highest BCUT2D eigenvalue weighted by Gasteiger charge is 2.29. The Bertz CT molecular complexity index is 1100. The topological polar surface area (TPSA) is 126 Å². The Morgan fingerprint density at radius 1 is 1.25 bits per heavy atom. The molecule has 168 valence electrons. The van der Waals surface area contributed by atoms with Crippen molar-refractivity contribution in [1.29, 1.82) is 0 Å². The predicted octanol–water partition coefficient (Wildman–Crippen LogP) is 2.97. The summed E-state index contributed by atoms with van der Waals surface area (Å²) in [6, 6.07) is 5.55. The number of hydrogen-bond acceptors (Lipinski definition) is 8. The van der Waals surface area contributed by atoms with Gasteiger partial charge in [-0.25, -0.2) is 15.0 Å². The number of carbonyl (C=O) groups is 2. The van der Waals surface area contributed by atoms with Gasteiger partial charge in [-0.05, 0) is 43.9 Å². The predicted molar refractivity (Wildman–Crippen MR) is 125 cm³/mol. The summed E-state index contributed by atoms with van der Waals surface area (Å²) in [4.78, 5) is 41.3. The quantitative estimate of drug-likeness (QED) is 0.470. The summed E-state index contributed by atoms with van der Waals surface area (Å²) in [7, 11) is 1.58. The first-order valence-corrected chi connectivity index (χ1v) is 11.6. The van der Waals surface area contributed by atoms with Gasteiger partial charge in [0.25, 0.3) is 5.91 Å². The third-order valence-corrected chi connectivity index (χ3v) is 6.74. The second-order valence-electron chi connectivity index (χ2n) is 7.71. The number of piperidine rings is 1. The van der Waals surface area contributed by atoms with Crippen molar-refractivity contribution in [2.24, 2.45) is 0 Å². The zero-order valence-corrected chi connectivity index (χ0v) is 18.8. The van der Waals surface area contributed by atoms with Gasteiger partial charge in [-0.15, -0.1) is 11.3 Å². The average Bonchev–Trinajstić information content (AvgIpc) is 3.17. The van der Waals surface area contributed by atoms with Crippen LogP contribution in [0.15, 0.2) is 30.6 Å². The molecule has 0 radical (unpaired) electrons. The van der Waals surface area contributed by atoms with E-state index in [2.05, 4.69) is 20.6 Å². The Morgan fingerprint density at radius 3 is 2.84 bits per heavy atom. The van der Waals surface area contributed by atoms with E-state index in [1.54, 1.807) is 25.5 Å². The summed E-state index contributed by atoms with van der Waals surface area (Å²) in [5, 5.41) is 6.53. The molecule has 0 aliphatic carbocycles. The molecule has 4 heterocycles. The molecule has 0 aromatic carbocycles. The Kier molecular flexibility index (Phi) is 6.79. The summed E-state index contributed by atoms with van der Waals surface area (Å²) in [5.41, 5.74) is 7.47. The number of nitrogens with one attached hydrogen (secondary N) is 2. The van der Waals surface area contributed by atoms with E-state index in [4.69, 9.17) is 10.7 Å². The summed E-state index contributed by atoms with van der Waals surface area (Å²) in [6.45, 7) is 1.36. The van der Waals surface area contributed by atoms with Crippen molar-refractivity contribution in [3.63, 3.8) is 0 Å². The van der Waals surface area contributed by atoms with Crippen LogP contribution >= 0.6 is 11.3 Å². The molecule has 4 rings (SSSR count). The molecule has 10 heteroatoms. The molecule has 3 aromatic heterocycles. The summed E-state index contributed by atoms with van der Waals surface area (Å²) in [5.74, 6) is 0.486. The standard InChI is InChI=1S/C22H27N7O2S/c1-24-20(31)19-18(23)14-8-9-15(28-21(14)32-19)16-6-2-3-13-29(16)17(30)7-4-10-25-22-26-11-5-12-27-22/h5,8-9,11-12,16H,2-4,6-7,10,13,23H2,1H3,(H,24,31)(H,25,26,27). The van der Waals surface area contributed by atoms with Gasteiger partial charge in [0.15, 0.2) is 0 Å². The summed E-state index contributed by atoms with van der Waals surface area (Å²) >= 11 is 1.29. The Labute approximate surface area is 190 Å². The van der Waals surface area contributed by atoms with E-state index < -0.39 is 0 Å². The second-order valence-corrected chi connectivity index (χ2v) is 8.71. The van der Waals surface area contributed by atoms with Crippen LogP contribution in [0.4, 0.5) is 11.6 Å². The minimum absolute atomic E-state index is 0.0576. The van der Waals surface area contributed by atoms with Crippen molar-refractivity contribution in [2.75, 3.05) is 31.2 Å². The van der Waals surface area contributed by atoms with Gasteiger partial charge in [0.05, 0.1) is 17.4 Å². The summed E-state index contributed by atoms with van der Waals surface area (Å²) < 4.78 is 0. The van der Waals surface area contributed by atoms with Crippen LogP contribution in [0.5, 0.6) is 0 Å². The van der Waals surface area contributed by atoms with Crippen molar-refractivity contribution in [3.05, 3.63) is 41.2 Å². The first kappa shape index (κ1) is 21.9. The average molecular weight is 454 g/mol. The van der Waals surface area contributed by atoms with Crippen LogP contribution in [0.2, 0.25) is 0 Å². The highest BCUT2D eigenvalue weighted by atomic mass is 32.1. The van der Waals surface area contributed by atoms with Gasteiger partial charge < -0.3 is 21.3 Å². The molecule has 0 bridgehead atoms.